The van der Waals surface area contributed by atoms with Crippen LogP contribution < -0.4 is 0 Å². The molecule has 0 saturated heterocycles. The number of ether oxygens (including phenoxy) is 1. The van der Waals surface area contributed by atoms with Crippen molar-refractivity contribution < 1.29 is 19.4 Å². The number of carbonyl (C=O) groups excluding carboxylic acids is 2. The highest BCUT2D eigenvalue weighted by molar-refractivity contribution is 6.19. The number of hydrogen-bond acceptors (Lipinski definition) is 5. The second kappa shape index (κ2) is 4.89. The molecule has 0 fully saturated rings. The van der Waals surface area contributed by atoms with Crippen LogP contribution in [0.2, 0.25) is 0 Å². The molecule has 3 rings (SSSR count). The number of rotatable bonds is 1. The Kier molecular flexibility index (Phi) is 3.33. The van der Waals surface area contributed by atoms with Gasteiger partial charge >= 0.3 is 6.09 Å². The van der Waals surface area contributed by atoms with E-state index < -0.39 is 23.2 Å². The summed E-state index contributed by atoms with van der Waals surface area (Å²) in [5.41, 5.74) is -0.994. The normalized spacial score (nSPS) is 26.0. The van der Waals surface area contributed by atoms with Crippen LogP contribution in [0.25, 0.3) is 0 Å². The lowest BCUT2D eigenvalue weighted by Gasteiger charge is -2.31. The van der Waals surface area contributed by atoms with Gasteiger partial charge in [-0.25, -0.2) is 4.79 Å². The van der Waals surface area contributed by atoms with Gasteiger partial charge in [0.15, 0.2) is 5.78 Å². The van der Waals surface area contributed by atoms with Crippen molar-refractivity contribution in [3.8, 4) is 0 Å². The molecule has 2 atom stereocenters. The third-order valence-electron chi connectivity index (χ3n) is 4.27. The summed E-state index contributed by atoms with van der Waals surface area (Å²) < 4.78 is 5.02. The van der Waals surface area contributed by atoms with E-state index in [1.165, 1.54) is 0 Å². The molecule has 1 heterocycles. The Labute approximate surface area is 134 Å². The van der Waals surface area contributed by atoms with Gasteiger partial charge in [-0.05, 0) is 6.92 Å². The number of hydrogen-bond donors (Lipinski definition) is 1. The molecule has 0 bridgehead atoms. The summed E-state index contributed by atoms with van der Waals surface area (Å²) in [4.78, 5) is 25.2. The van der Waals surface area contributed by atoms with Gasteiger partial charge in [0.25, 0.3) is 0 Å². The average molecular weight is 316 g/mol. The van der Waals surface area contributed by atoms with Gasteiger partial charge in [0.1, 0.15) is 5.92 Å². The Hall–Kier alpha value is -2.21. The van der Waals surface area contributed by atoms with Crippen LogP contribution in [0.4, 0.5) is 4.79 Å². The van der Waals surface area contributed by atoms with Gasteiger partial charge in [0.2, 0.25) is 5.72 Å². The Morgan fingerprint density at radius 1 is 1.39 bits per heavy atom. The number of amides is 1. The van der Waals surface area contributed by atoms with E-state index in [9.17, 15) is 14.7 Å². The van der Waals surface area contributed by atoms with E-state index in [1.807, 2.05) is 20.8 Å². The van der Waals surface area contributed by atoms with Gasteiger partial charge < -0.3 is 9.84 Å². The molecule has 0 unspecified atom stereocenters. The molecule has 2 aliphatic rings. The van der Waals surface area contributed by atoms with Crippen molar-refractivity contribution in [2.45, 2.75) is 33.4 Å². The summed E-state index contributed by atoms with van der Waals surface area (Å²) in [6.07, 6.45) is -0.760. The molecule has 0 radical (unpaired) electrons. The number of fused-ring (bicyclic) bond motifs is 3. The van der Waals surface area contributed by atoms with Crippen molar-refractivity contribution >= 4 is 17.6 Å². The fourth-order valence-corrected chi connectivity index (χ4v) is 3.25. The minimum atomic E-state index is -1.82. The van der Waals surface area contributed by atoms with Gasteiger partial charge in [0, 0.05) is 16.5 Å². The molecule has 1 amide bonds. The summed E-state index contributed by atoms with van der Waals surface area (Å²) in [5, 5.41) is 16.5. The van der Waals surface area contributed by atoms with E-state index in [4.69, 9.17) is 4.74 Å². The van der Waals surface area contributed by atoms with Crippen molar-refractivity contribution in [1.29, 1.82) is 0 Å². The first-order valence-corrected chi connectivity index (χ1v) is 7.65. The Morgan fingerprint density at radius 2 is 2.04 bits per heavy atom. The minimum Gasteiger partial charge on any atom is -0.448 e. The van der Waals surface area contributed by atoms with E-state index in [0.29, 0.717) is 16.8 Å². The molecule has 122 valence electrons. The van der Waals surface area contributed by atoms with Gasteiger partial charge in [-0.15, -0.1) is 0 Å². The van der Waals surface area contributed by atoms with Crippen LogP contribution in [-0.2, 0) is 10.5 Å². The number of ketones is 1. The van der Waals surface area contributed by atoms with Crippen LogP contribution >= 0.6 is 0 Å². The van der Waals surface area contributed by atoms with Crippen molar-refractivity contribution in [3.63, 3.8) is 0 Å². The van der Waals surface area contributed by atoms with Crippen molar-refractivity contribution in [1.82, 2.24) is 5.01 Å². The van der Waals surface area contributed by atoms with Crippen molar-refractivity contribution in [3.05, 3.63) is 35.4 Å². The molecular formula is C17H20N2O4. The number of Topliss-reactive ketones (excluding diaryl/α,β-unsaturated/α-hetero) is 1. The number of aliphatic hydroxyl groups is 1. The predicted molar refractivity (Wildman–Crippen MR) is 83.9 cm³/mol. The maximum Gasteiger partial charge on any atom is 0.433 e. The fourth-order valence-electron chi connectivity index (χ4n) is 3.25. The zero-order valence-corrected chi connectivity index (χ0v) is 13.7. The summed E-state index contributed by atoms with van der Waals surface area (Å²) in [5.74, 6) is -1.12. The van der Waals surface area contributed by atoms with Gasteiger partial charge in [0.05, 0.1) is 12.3 Å². The molecule has 1 aromatic rings. The molecule has 1 aliphatic heterocycles. The largest absolute Gasteiger partial charge is 0.448 e. The molecule has 0 spiro atoms. The van der Waals surface area contributed by atoms with Crippen LogP contribution in [0.5, 0.6) is 0 Å². The third-order valence-corrected chi connectivity index (χ3v) is 4.27. The Bertz CT molecular complexity index is 720. The first-order valence-electron chi connectivity index (χ1n) is 7.65. The molecule has 1 aromatic carbocycles. The standard InChI is InChI=1S/C17H20N2O4/c1-5-23-15(21)19-17(22)11-9-7-6-8-10(11)13(20)12(17)14(18-19)16(2,3)4/h6-9,12,22H,5H2,1-4H3/t12-,17+/m1/s1. The molecule has 6 heteroatoms. The van der Waals surface area contributed by atoms with Crippen LogP contribution in [0.3, 0.4) is 0 Å². The molecule has 1 aliphatic carbocycles. The lowest BCUT2D eigenvalue weighted by Crippen LogP contribution is -2.48. The van der Waals surface area contributed by atoms with Crippen LogP contribution in [0.1, 0.15) is 43.6 Å². The molecule has 1 N–H and O–H groups in total. The summed E-state index contributed by atoms with van der Waals surface area (Å²) in [6, 6.07) is 6.78. The Morgan fingerprint density at radius 3 is 2.65 bits per heavy atom. The Balaban J connectivity index is 2.20. The second-order valence-electron chi connectivity index (χ2n) is 6.81. The highest BCUT2D eigenvalue weighted by Crippen LogP contribution is 2.51. The molecule has 6 nitrogen and oxygen atoms in total. The van der Waals surface area contributed by atoms with Crippen molar-refractivity contribution in [2.75, 3.05) is 6.61 Å². The average Bonchev–Trinajstić information content (AvgIpc) is 2.91. The summed E-state index contributed by atoms with van der Waals surface area (Å²) in [7, 11) is 0. The summed E-state index contributed by atoms with van der Waals surface area (Å²) >= 11 is 0. The van der Waals surface area contributed by atoms with Crippen molar-refractivity contribution in [2.24, 2.45) is 16.4 Å². The van der Waals surface area contributed by atoms with Gasteiger partial charge in [-0.2, -0.15) is 10.1 Å². The number of nitrogens with zero attached hydrogens (tertiary/aromatic N) is 2. The smallest absolute Gasteiger partial charge is 0.433 e. The maximum atomic E-state index is 12.8. The first-order chi connectivity index (χ1) is 10.7. The molecule has 23 heavy (non-hydrogen) atoms. The van der Waals surface area contributed by atoms with E-state index in [1.54, 1.807) is 31.2 Å². The second-order valence-corrected chi connectivity index (χ2v) is 6.81. The molecule has 0 aromatic heterocycles. The number of benzene rings is 1. The fraction of sp³-hybridized carbons (Fsp3) is 0.471. The monoisotopic (exact) mass is 316 g/mol. The third kappa shape index (κ3) is 2.01. The molecular weight excluding hydrogens is 296 g/mol. The molecule has 0 saturated carbocycles. The SMILES string of the molecule is CCOC(=O)N1N=C(C(C)(C)C)[C@H]2C(=O)c3ccccc3[C@]21O. The zero-order chi connectivity index (χ0) is 17.0. The first kappa shape index (κ1) is 15.7. The van der Waals surface area contributed by atoms with Crippen LogP contribution in [0, 0.1) is 11.3 Å². The van der Waals surface area contributed by atoms with E-state index in [2.05, 4.69) is 5.10 Å². The quantitative estimate of drug-likeness (QED) is 0.863. The minimum absolute atomic E-state index is 0.159. The van der Waals surface area contributed by atoms with E-state index in [0.717, 1.165) is 5.01 Å². The highest BCUT2D eigenvalue weighted by atomic mass is 16.6. The number of hydrazone groups is 1. The van der Waals surface area contributed by atoms with Gasteiger partial charge in [-0.1, -0.05) is 45.0 Å². The number of carbonyl (C=O) groups is 2. The van der Waals surface area contributed by atoms with Crippen LogP contribution in [-0.4, -0.2) is 34.3 Å². The lowest BCUT2D eigenvalue weighted by molar-refractivity contribution is -0.0991. The lowest BCUT2D eigenvalue weighted by atomic mass is 9.78. The van der Waals surface area contributed by atoms with E-state index >= 15 is 0 Å². The topological polar surface area (TPSA) is 79.2 Å². The van der Waals surface area contributed by atoms with Gasteiger partial charge in [-0.3, -0.25) is 4.79 Å². The highest BCUT2D eigenvalue weighted by Gasteiger charge is 2.64. The summed E-state index contributed by atoms with van der Waals surface area (Å²) in [6.45, 7) is 7.54. The van der Waals surface area contributed by atoms with Crippen LogP contribution in [0.15, 0.2) is 29.4 Å². The zero-order valence-electron chi connectivity index (χ0n) is 13.7. The van der Waals surface area contributed by atoms with E-state index in [-0.39, 0.29) is 12.4 Å². The predicted octanol–water partition coefficient (Wildman–Crippen LogP) is 2.52. The maximum absolute atomic E-state index is 12.8.